The molecule has 2 rings (SSSR count). The van der Waals surface area contributed by atoms with Crippen molar-refractivity contribution in [3.05, 3.63) is 30.1 Å². The maximum atomic E-state index is 4.18. The molecule has 2 heterocycles. The monoisotopic (exact) mass is 218 g/mol. The Bertz CT molecular complexity index is 300. The van der Waals surface area contributed by atoms with E-state index in [4.69, 9.17) is 0 Å². The fourth-order valence-corrected chi connectivity index (χ4v) is 2.53. The standard InChI is InChI=1S/C14H22N2/c1-12(2)16-8-5-13(6-9-16)10-14-4-3-7-15-11-14/h3-4,7,11-13H,5-6,8-10H2,1-2H3. The molecule has 0 unspecified atom stereocenters. The summed E-state index contributed by atoms with van der Waals surface area (Å²) < 4.78 is 0. The first-order valence-corrected chi connectivity index (χ1v) is 6.38. The Labute approximate surface area is 98.7 Å². The van der Waals surface area contributed by atoms with Gasteiger partial charge in [0.1, 0.15) is 0 Å². The summed E-state index contributed by atoms with van der Waals surface area (Å²) in [6.45, 7) is 7.12. The van der Waals surface area contributed by atoms with Crippen molar-refractivity contribution < 1.29 is 0 Å². The zero-order chi connectivity index (χ0) is 11.4. The smallest absolute Gasteiger partial charge is 0.0299 e. The summed E-state index contributed by atoms with van der Waals surface area (Å²) in [4.78, 5) is 6.77. The molecule has 0 aromatic carbocycles. The van der Waals surface area contributed by atoms with Crippen molar-refractivity contribution in [2.75, 3.05) is 13.1 Å². The molecule has 0 spiro atoms. The molecule has 2 heteroatoms. The van der Waals surface area contributed by atoms with Crippen molar-refractivity contribution in [2.24, 2.45) is 5.92 Å². The van der Waals surface area contributed by atoms with Crippen LogP contribution in [0.3, 0.4) is 0 Å². The minimum atomic E-state index is 0.708. The molecule has 1 aliphatic heterocycles. The van der Waals surface area contributed by atoms with Crippen LogP contribution in [0.1, 0.15) is 32.3 Å². The van der Waals surface area contributed by atoms with Crippen LogP contribution in [0, 0.1) is 5.92 Å². The van der Waals surface area contributed by atoms with E-state index < -0.39 is 0 Å². The first kappa shape index (κ1) is 11.6. The highest BCUT2D eigenvalue weighted by Gasteiger charge is 2.20. The van der Waals surface area contributed by atoms with Crippen LogP contribution in [0.15, 0.2) is 24.5 Å². The van der Waals surface area contributed by atoms with E-state index in [-0.39, 0.29) is 0 Å². The minimum absolute atomic E-state index is 0.708. The molecular weight excluding hydrogens is 196 g/mol. The molecule has 0 amide bonds. The molecule has 0 radical (unpaired) electrons. The molecule has 88 valence electrons. The molecule has 16 heavy (non-hydrogen) atoms. The summed E-state index contributed by atoms with van der Waals surface area (Å²) in [6.07, 6.45) is 7.75. The Morgan fingerprint density at radius 1 is 1.38 bits per heavy atom. The van der Waals surface area contributed by atoms with Crippen LogP contribution in [-0.4, -0.2) is 29.0 Å². The minimum Gasteiger partial charge on any atom is -0.301 e. The molecule has 1 saturated heterocycles. The van der Waals surface area contributed by atoms with E-state index in [1.54, 1.807) is 0 Å². The maximum absolute atomic E-state index is 4.18. The van der Waals surface area contributed by atoms with E-state index in [0.717, 1.165) is 5.92 Å². The van der Waals surface area contributed by atoms with E-state index >= 15 is 0 Å². The Kier molecular flexibility index (Phi) is 3.94. The van der Waals surface area contributed by atoms with Crippen LogP contribution in [0.4, 0.5) is 0 Å². The van der Waals surface area contributed by atoms with E-state index in [0.29, 0.717) is 6.04 Å². The largest absolute Gasteiger partial charge is 0.301 e. The van der Waals surface area contributed by atoms with Gasteiger partial charge in [-0.1, -0.05) is 6.07 Å². The fraction of sp³-hybridized carbons (Fsp3) is 0.643. The van der Waals surface area contributed by atoms with Gasteiger partial charge in [-0.05, 0) is 63.7 Å². The summed E-state index contributed by atoms with van der Waals surface area (Å²) in [5, 5.41) is 0. The highest BCUT2D eigenvalue weighted by atomic mass is 15.1. The average molecular weight is 218 g/mol. The van der Waals surface area contributed by atoms with Gasteiger partial charge in [-0.3, -0.25) is 4.98 Å². The van der Waals surface area contributed by atoms with E-state index in [9.17, 15) is 0 Å². The molecule has 0 bridgehead atoms. The van der Waals surface area contributed by atoms with Crippen molar-refractivity contribution in [1.29, 1.82) is 0 Å². The maximum Gasteiger partial charge on any atom is 0.0299 e. The van der Waals surface area contributed by atoms with E-state index in [2.05, 4.69) is 29.8 Å². The number of likely N-dealkylation sites (tertiary alicyclic amines) is 1. The normalized spacial score (nSPS) is 19.2. The molecule has 0 saturated carbocycles. The summed E-state index contributed by atoms with van der Waals surface area (Å²) in [7, 11) is 0. The number of nitrogens with zero attached hydrogens (tertiary/aromatic N) is 2. The third-order valence-electron chi connectivity index (χ3n) is 3.63. The molecule has 0 aliphatic carbocycles. The molecule has 1 aromatic rings. The highest BCUT2D eigenvalue weighted by Crippen LogP contribution is 2.22. The molecule has 1 aromatic heterocycles. The van der Waals surface area contributed by atoms with Crippen LogP contribution < -0.4 is 0 Å². The third kappa shape index (κ3) is 3.05. The zero-order valence-electron chi connectivity index (χ0n) is 10.4. The topological polar surface area (TPSA) is 16.1 Å². The quantitative estimate of drug-likeness (QED) is 0.775. The summed E-state index contributed by atoms with van der Waals surface area (Å²) in [5.41, 5.74) is 1.39. The van der Waals surface area contributed by atoms with Crippen molar-refractivity contribution in [3.63, 3.8) is 0 Å². The van der Waals surface area contributed by atoms with E-state index in [1.165, 1.54) is 37.9 Å². The molecule has 2 nitrogen and oxygen atoms in total. The van der Waals surface area contributed by atoms with Gasteiger partial charge in [0.15, 0.2) is 0 Å². The van der Waals surface area contributed by atoms with Crippen LogP contribution in [-0.2, 0) is 6.42 Å². The predicted molar refractivity (Wildman–Crippen MR) is 67.4 cm³/mol. The van der Waals surface area contributed by atoms with Crippen LogP contribution in [0.25, 0.3) is 0 Å². The van der Waals surface area contributed by atoms with Crippen molar-refractivity contribution in [1.82, 2.24) is 9.88 Å². The van der Waals surface area contributed by atoms with Crippen LogP contribution in [0.2, 0.25) is 0 Å². The van der Waals surface area contributed by atoms with Crippen LogP contribution in [0.5, 0.6) is 0 Å². The van der Waals surface area contributed by atoms with Crippen LogP contribution >= 0.6 is 0 Å². The first-order chi connectivity index (χ1) is 7.75. The lowest BCUT2D eigenvalue weighted by Crippen LogP contribution is -2.38. The Hall–Kier alpha value is -0.890. The average Bonchev–Trinajstić information content (AvgIpc) is 2.31. The Balaban J connectivity index is 1.82. The Morgan fingerprint density at radius 2 is 2.12 bits per heavy atom. The lowest BCUT2D eigenvalue weighted by Gasteiger charge is -2.34. The second-order valence-electron chi connectivity index (χ2n) is 5.14. The van der Waals surface area contributed by atoms with Gasteiger partial charge in [0.2, 0.25) is 0 Å². The Morgan fingerprint density at radius 3 is 2.69 bits per heavy atom. The van der Waals surface area contributed by atoms with Crippen molar-refractivity contribution >= 4 is 0 Å². The van der Waals surface area contributed by atoms with E-state index in [1.807, 2.05) is 18.5 Å². The van der Waals surface area contributed by atoms with Gasteiger partial charge < -0.3 is 4.90 Å². The van der Waals surface area contributed by atoms with Gasteiger partial charge >= 0.3 is 0 Å². The lowest BCUT2D eigenvalue weighted by atomic mass is 9.90. The van der Waals surface area contributed by atoms with Gasteiger partial charge in [0.25, 0.3) is 0 Å². The highest BCUT2D eigenvalue weighted by molar-refractivity contribution is 5.09. The second kappa shape index (κ2) is 5.44. The van der Waals surface area contributed by atoms with Gasteiger partial charge in [-0.15, -0.1) is 0 Å². The zero-order valence-corrected chi connectivity index (χ0v) is 10.4. The van der Waals surface area contributed by atoms with Gasteiger partial charge in [-0.2, -0.15) is 0 Å². The number of hydrogen-bond donors (Lipinski definition) is 0. The van der Waals surface area contributed by atoms with Crippen molar-refractivity contribution in [3.8, 4) is 0 Å². The summed E-state index contributed by atoms with van der Waals surface area (Å²) in [5.74, 6) is 0.860. The van der Waals surface area contributed by atoms with Gasteiger partial charge in [0, 0.05) is 18.4 Å². The number of hydrogen-bond acceptors (Lipinski definition) is 2. The second-order valence-corrected chi connectivity index (χ2v) is 5.14. The fourth-order valence-electron chi connectivity index (χ4n) is 2.53. The SMILES string of the molecule is CC(C)N1CCC(Cc2cccnc2)CC1. The summed E-state index contributed by atoms with van der Waals surface area (Å²) in [6, 6.07) is 4.94. The van der Waals surface area contributed by atoms with Gasteiger partial charge in [0.05, 0.1) is 0 Å². The van der Waals surface area contributed by atoms with Gasteiger partial charge in [-0.25, -0.2) is 0 Å². The summed E-state index contributed by atoms with van der Waals surface area (Å²) >= 11 is 0. The third-order valence-corrected chi connectivity index (χ3v) is 3.63. The molecule has 0 N–H and O–H groups in total. The molecular formula is C14H22N2. The molecule has 1 fully saturated rings. The number of pyridine rings is 1. The molecule has 1 aliphatic rings. The lowest BCUT2D eigenvalue weighted by molar-refractivity contribution is 0.149. The molecule has 0 atom stereocenters. The first-order valence-electron chi connectivity index (χ1n) is 6.38. The predicted octanol–water partition coefficient (Wildman–Crippen LogP) is 2.74. The number of aromatic nitrogens is 1. The van der Waals surface area contributed by atoms with Crippen molar-refractivity contribution in [2.45, 2.75) is 39.2 Å². The number of rotatable bonds is 3. The number of piperidine rings is 1.